The molecule has 0 radical (unpaired) electrons. The molecule has 7 nitrogen and oxygen atoms in total. The fraction of sp³-hybridized carbons (Fsp3) is 0.115. The summed E-state index contributed by atoms with van der Waals surface area (Å²) in [5.74, 6) is -0.588. The second-order valence-corrected chi connectivity index (χ2v) is 9.58. The molecule has 0 spiro atoms. The Bertz CT molecular complexity index is 1380. The minimum Gasteiger partial charge on any atom is -0.490 e. The number of halogens is 3. The van der Waals surface area contributed by atoms with Crippen LogP contribution in [-0.4, -0.2) is 24.5 Å². The topological polar surface area (TPSA) is 84.9 Å². The van der Waals surface area contributed by atoms with Gasteiger partial charge in [-0.2, -0.15) is 0 Å². The van der Waals surface area contributed by atoms with E-state index in [1.807, 2.05) is 25.1 Å². The first-order valence-corrected chi connectivity index (χ1v) is 12.6. The molecule has 3 aromatic rings. The standard InChI is InChI=1S/C26H19Cl2IN2O5/c1-2-35-22-13-15(12-21(29)23(22)36-14-16-5-3-4-6-20(16)28)11-19-24(32)30-26(34)31(25(19)33)18-9-7-17(27)8-10-18/h3-13H,2,14H2,1H3,(H,30,32,34)/b19-11+. The number of ether oxygens (including phenoxy) is 2. The summed E-state index contributed by atoms with van der Waals surface area (Å²) < 4.78 is 12.5. The summed E-state index contributed by atoms with van der Waals surface area (Å²) >= 11 is 14.3. The van der Waals surface area contributed by atoms with Gasteiger partial charge in [-0.1, -0.05) is 41.4 Å². The fourth-order valence-electron chi connectivity index (χ4n) is 3.49. The normalized spacial score (nSPS) is 14.7. The van der Waals surface area contributed by atoms with Crippen molar-refractivity contribution in [2.75, 3.05) is 11.5 Å². The van der Waals surface area contributed by atoms with E-state index in [9.17, 15) is 14.4 Å². The maximum Gasteiger partial charge on any atom is 0.335 e. The Balaban J connectivity index is 1.66. The van der Waals surface area contributed by atoms with Gasteiger partial charge in [0.2, 0.25) is 0 Å². The van der Waals surface area contributed by atoms with E-state index in [-0.39, 0.29) is 17.9 Å². The van der Waals surface area contributed by atoms with Crippen LogP contribution in [0.5, 0.6) is 11.5 Å². The van der Waals surface area contributed by atoms with Crippen LogP contribution in [0.15, 0.2) is 66.2 Å². The van der Waals surface area contributed by atoms with E-state index >= 15 is 0 Å². The quantitative estimate of drug-likeness (QED) is 0.189. The molecule has 1 aliphatic heterocycles. The number of imide groups is 2. The van der Waals surface area contributed by atoms with Crippen LogP contribution in [-0.2, 0) is 16.2 Å². The van der Waals surface area contributed by atoms with Crippen molar-refractivity contribution in [1.82, 2.24) is 5.32 Å². The van der Waals surface area contributed by atoms with Crippen LogP contribution in [0.3, 0.4) is 0 Å². The zero-order valence-electron chi connectivity index (χ0n) is 18.9. The van der Waals surface area contributed by atoms with Crippen LogP contribution >= 0.6 is 45.8 Å². The van der Waals surface area contributed by atoms with Gasteiger partial charge < -0.3 is 9.47 Å². The number of hydrogen-bond acceptors (Lipinski definition) is 5. The van der Waals surface area contributed by atoms with Crippen molar-refractivity contribution >= 4 is 75.4 Å². The van der Waals surface area contributed by atoms with Gasteiger partial charge in [0.1, 0.15) is 12.2 Å². The highest BCUT2D eigenvalue weighted by Gasteiger charge is 2.36. The van der Waals surface area contributed by atoms with Gasteiger partial charge in [0.15, 0.2) is 11.5 Å². The van der Waals surface area contributed by atoms with E-state index in [2.05, 4.69) is 27.9 Å². The van der Waals surface area contributed by atoms with Crippen molar-refractivity contribution in [3.05, 3.63) is 91.0 Å². The van der Waals surface area contributed by atoms with Crippen molar-refractivity contribution in [2.24, 2.45) is 0 Å². The van der Waals surface area contributed by atoms with Gasteiger partial charge >= 0.3 is 6.03 Å². The molecule has 0 unspecified atom stereocenters. The number of carbonyl (C=O) groups excluding carboxylic acids is 3. The Labute approximate surface area is 231 Å². The van der Waals surface area contributed by atoms with E-state index in [4.69, 9.17) is 32.7 Å². The molecule has 4 amide bonds. The lowest BCUT2D eigenvalue weighted by molar-refractivity contribution is -0.122. The van der Waals surface area contributed by atoms with Gasteiger partial charge in [-0.3, -0.25) is 14.9 Å². The number of benzene rings is 3. The van der Waals surface area contributed by atoms with Gasteiger partial charge in [0.05, 0.1) is 15.9 Å². The Hall–Kier alpha value is -3.08. The van der Waals surface area contributed by atoms with Crippen LogP contribution < -0.4 is 19.7 Å². The number of carbonyl (C=O) groups is 3. The van der Waals surface area contributed by atoms with Crippen molar-refractivity contribution in [1.29, 1.82) is 0 Å². The third kappa shape index (κ3) is 5.66. The lowest BCUT2D eigenvalue weighted by atomic mass is 10.1. The Morgan fingerprint density at radius 1 is 1.00 bits per heavy atom. The van der Waals surface area contributed by atoms with E-state index in [1.54, 1.807) is 30.3 Å². The summed E-state index contributed by atoms with van der Waals surface area (Å²) in [6.07, 6.45) is 1.41. The predicted octanol–water partition coefficient (Wildman–Crippen LogP) is 6.24. The highest BCUT2D eigenvalue weighted by Crippen LogP contribution is 2.36. The molecular formula is C26H19Cl2IN2O5. The molecule has 0 aliphatic carbocycles. The molecule has 0 bridgehead atoms. The van der Waals surface area contributed by atoms with Gasteiger partial charge in [0.25, 0.3) is 11.8 Å². The molecule has 0 saturated carbocycles. The molecule has 0 atom stereocenters. The number of anilines is 1. The van der Waals surface area contributed by atoms with Crippen LogP contribution in [0.2, 0.25) is 10.0 Å². The smallest absolute Gasteiger partial charge is 0.335 e. The molecule has 1 aliphatic rings. The van der Waals surface area contributed by atoms with Gasteiger partial charge in [-0.05, 0) is 83.6 Å². The largest absolute Gasteiger partial charge is 0.490 e. The van der Waals surface area contributed by atoms with Crippen LogP contribution in [0, 0.1) is 3.57 Å². The Morgan fingerprint density at radius 2 is 1.72 bits per heavy atom. The number of hydrogen-bond donors (Lipinski definition) is 1. The third-order valence-corrected chi connectivity index (χ3v) is 6.58. The molecule has 1 fully saturated rings. The van der Waals surface area contributed by atoms with Crippen molar-refractivity contribution in [2.45, 2.75) is 13.5 Å². The molecule has 184 valence electrons. The summed E-state index contributed by atoms with van der Waals surface area (Å²) in [6, 6.07) is 16.1. The van der Waals surface area contributed by atoms with Crippen LogP contribution in [0.25, 0.3) is 6.08 Å². The highest BCUT2D eigenvalue weighted by molar-refractivity contribution is 14.1. The zero-order valence-corrected chi connectivity index (χ0v) is 22.6. The molecule has 1 heterocycles. The van der Waals surface area contributed by atoms with Crippen LogP contribution in [0.1, 0.15) is 18.1 Å². The predicted molar refractivity (Wildman–Crippen MR) is 147 cm³/mol. The van der Waals surface area contributed by atoms with Crippen molar-refractivity contribution in [3.8, 4) is 11.5 Å². The average Bonchev–Trinajstić information content (AvgIpc) is 2.83. The number of barbiturate groups is 1. The van der Waals surface area contributed by atoms with Crippen molar-refractivity contribution in [3.63, 3.8) is 0 Å². The molecule has 10 heteroatoms. The minimum absolute atomic E-state index is 0.201. The summed E-state index contributed by atoms with van der Waals surface area (Å²) in [5, 5.41) is 3.25. The van der Waals surface area contributed by atoms with Gasteiger partial charge in [0, 0.05) is 15.6 Å². The van der Waals surface area contributed by atoms with E-state index in [0.29, 0.717) is 37.3 Å². The monoisotopic (exact) mass is 636 g/mol. The zero-order chi connectivity index (χ0) is 25.8. The molecule has 36 heavy (non-hydrogen) atoms. The number of rotatable bonds is 7. The summed E-state index contributed by atoms with van der Waals surface area (Å²) in [6.45, 7) is 2.44. The molecule has 1 saturated heterocycles. The second-order valence-electron chi connectivity index (χ2n) is 7.58. The number of amides is 4. The first-order chi connectivity index (χ1) is 17.3. The van der Waals surface area contributed by atoms with Gasteiger partial charge in [-0.15, -0.1) is 0 Å². The lowest BCUT2D eigenvalue weighted by Crippen LogP contribution is -2.54. The fourth-order valence-corrected chi connectivity index (χ4v) is 4.59. The molecular weight excluding hydrogens is 618 g/mol. The van der Waals surface area contributed by atoms with E-state index in [1.165, 1.54) is 18.2 Å². The highest BCUT2D eigenvalue weighted by atomic mass is 127. The minimum atomic E-state index is -0.836. The molecule has 3 aromatic carbocycles. The maximum atomic E-state index is 13.2. The summed E-state index contributed by atoms with van der Waals surface area (Å²) in [7, 11) is 0. The Kier molecular flexibility index (Phi) is 8.17. The maximum absolute atomic E-state index is 13.2. The number of urea groups is 1. The molecule has 4 rings (SSSR count). The van der Waals surface area contributed by atoms with Crippen LogP contribution in [0.4, 0.5) is 10.5 Å². The average molecular weight is 637 g/mol. The van der Waals surface area contributed by atoms with Gasteiger partial charge in [-0.25, -0.2) is 9.69 Å². The third-order valence-electron chi connectivity index (χ3n) is 5.16. The molecule has 0 aromatic heterocycles. The first-order valence-electron chi connectivity index (χ1n) is 10.8. The molecule has 1 N–H and O–H groups in total. The van der Waals surface area contributed by atoms with E-state index < -0.39 is 17.8 Å². The SMILES string of the molecule is CCOc1cc(/C=C2\C(=O)NC(=O)N(c3ccc(Cl)cc3)C2=O)cc(I)c1OCc1ccccc1Cl. The summed E-state index contributed by atoms with van der Waals surface area (Å²) in [5.41, 5.74) is 1.43. The first kappa shape index (κ1) is 26.0. The van der Waals surface area contributed by atoms with E-state index in [0.717, 1.165) is 10.5 Å². The summed E-state index contributed by atoms with van der Waals surface area (Å²) in [4.78, 5) is 39.0. The number of nitrogens with zero attached hydrogens (tertiary/aromatic N) is 1. The lowest BCUT2D eigenvalue weighted by Gasteiger charge is -2.26. The van der Waals surface area contributed by atoms with Crippen molar-refractivity contribution < 1.29 is 23.9 Å². The second kappa shape index (κ2) is 11.3. The Morgan fingerprint density at radius 3 is 2.42 bits per heavy atom. The number of nitrogens with one attached hydrogen (secondary N) is 1.